The number of rotatable bonds is 1. The molecule has 2 nitrogen and oxygen atoms in total. The van der Waals surface area contributed by atoms with Gasteiger partial charge in [-0.2, -0.15) is 0 Å². The summed E-state index contributed by atoms with van der Waals surface area (Å²) in [6, 6.07) is 0. The van der Waals surface area contributed by atoms with Gasteiger partial charge in [-0.05, 0) is 83.5 Å². The Morgan fingerprint density at radius 2 is 1.20 bits per heavy atom. The van der Waals surface area contributed by atoms with Crippen LogP contribution in [0.2, 0.25) is 0 Å². The lowest BCUT2D eigenvalue weighted by molar-refractivity contribution is -0.00212. The molecule has 0 radical (unpaired) electrons. The predicted molar refractivity (Wildman–Crippen MR) is 88.1 cm³/mol. The van der Waals surface area contributed by atoms with Crippen LogP contribution in [0.1, 0.15) is 67.2 Å². The van der Waals surface area contributed by atoms with E-state index in [-0.39, 0.29) is 0 Å². The van der Waals surface area contributed by atoms with Crippen LogP contribution in [-0.2, 0) is 0 Å². The Labute approximate surface area is 126 Å². The molecule has 0 aromatic rings. The molecule has 20 heavy (non-hydrogen) atoms. The molecule has 0 saturated carbocycles. The van der Waals surface area contributed by atoms with Gasteiger partial charge in [0.25, 0.3) is 0 Å². The van der Waals surface area contributed by atoms with Crippen molar-refractivity contribution in [2.75, 3.05) is 32.7 Å². The van der Waals surface area contributed by atoms with Crippen molar-refractivity contribution in [1.29, 1.82) is 0 Å². The minimum absolute atomic E-state index is 0.356. The van der Waals surface area contributed by atoms with Gasteiger partial charge in [0.05, 0.1) is 0 Å². The van der Waals surface area contributed by atoms with E-state index in [1.54, 1.807) is 0 Å². The molecule has 2 fully saturated rings. The summed E-state index contributed by atoms with van der Waals surface area (Å²) in [7, 11) is 0. The second-order valence-electron chi connectivity index (χ2n) is 9.49. The maximum absolute atomic E-state index is 2.70. The predicted octanol–water partition coefficient (Wildman–Crippen LogP) is 4.01. The maximum Gasteiger partial charge on any atom is 0.0125 e. The van der Waals surface area contributed by atoms with Crippen LogP contribution >= 0.6 is 0 Å². The Morgan fingerprint density at radius 3 is 1.60 bits per heavy atom. The highest BCUT2D eigenvalue weighted by atomic mass is 15.2. The minimum Gasteiger partial charge on any atom is -0.303 e. The van der Waals surface area contributed by atoms with Gasteiger partial charge in [-0.1, -0.05) is 20.8 Å². The number of piperidine rings is 2. The Balaban J connectivity index is 1.82. The summed E-state index contributed by atoms with van der Waals surface area (Å²) < 4.78 is 0. The van der Waals surface area contributed by atoms with Gasteiger partial charge in [-0.25, -0.2) is 0 Å². The first-order valence-electron chi connectivity index (χ1n) is 8.57. The highest BCUT2D eigenvalue weighted by molar-refractivity contribution is 4.93. The molecule has 0 bridgehead atoms. The van der Waals surface area contributed by atoms with Crippen LogP contribution in [-0.4, -0.2) is 48.1 Å². The van der Waals surface area contributed by atoms with Gasteiger partial charge in [-0.3, -0.25) is 4.90 Å². The van der Waals surface area contributed by atoms with Crippen molar-refractivity contribution >= 4 is 0 Å². The quantitative estimate of drug-likeness (QED) is 0.716. The van der Waals surface area contributed by atoms with Gasteiger partial charge in [-0.15, -0.1) is 0 Å². The van der Waals surface area contributed by atoms with Crippen molar-refractivity contribution in [3.8, 4) is 0 Å². The normalized spacial score (nSPS) is 26.1. The molecule has 0 aromatic heterocycles. The Kier molecular flexibility index (Phi) is 4.57. The first-order valence-corrected chi connectivity index (χ1v) is 8.57. The molecular weight excluding hydrogens is 244 g/mol. The fraction of sp³-hybridized carbons (Fsp3) is 1.00. The number of hydrogen-bond donors (Lipinski definition) is 0. The van der Waals surface area contributed by atoms with Crippen LogP contribution in [0, 0.1) is 10.8 Å². The van der Waals surface area contributed by atoms with Crippen molar-refractivity contribution < 1.29 is 0 Å². The number of hydrogen-bond acceptors (Lipinski definition) is 2. The molecule has 1 spiro atoms. The molecule has 118 valence electrons. The molecule has 0 N–H and O–H groups in total. The van der Waals surface area contributed by atoms with Crippen molar-refractivity contribution in [1.82, 2.24) is 9.80 Å². The molecule has 2 aliphatic rings. The van der Waals surface area contributed by atoms with Gasteiger partial charge < -0.3 is 4.90 Å². The van der Waals surface area contributed by atoms with E-state index in [1.165, 1.54) is 58.4 Å². The van der Waals surface area contributed by atoms with Crippen LogP contribution in [0.5, 0.6) is 0 Å². The smallest absolute Gasteiger partial charge is 0.0125 e. The summed E-state index contributed by atoms with van der Waals surface area (Å²) in [6.45, 7) is 20.7. The van der Waals surface area contributed by atoms with Crippen molar-refractivity contribution in [3.63, 3.8) is 0 Å². The lowest BCUT2D eigenvalue weighted by Gasteiger charge is -2.50. The third kappa shape index (κ3) is 4.21. The van der Waals surface area contributed by atoms with E-state index >= 15 is 0 Å². The standard InChI is InChI=1S/C18H36N2/c1-16(2,3)15-19-11-7-18(8-12-19)9-13-20(14-10-18)17(4,5)6/h7-15H2,1-6H3. The fourth-order valence-corrected chi connectivity index (χ4v) is 4.01. The van der Waals surface area contributed by atoms with Crippen molar-refractivity contribution in [2.45, 2.75) is 72.8 Å². The summed E-state index contributed by atoms with van der Waals surface area (Å²) in [5.41, 5.74) is 1.48. The molecule has 0 atom stereocenters. The molecular formula is C18H36N2. The minimum atomic E-state index is 0.356. The zero-order valence-electron chi connectivity index (χ0n) is 14.8. The zero-order chi connectivity index (χ0) is 15.0. The molecule has 2 aliphatic heterocycles. The van der Waals surface area contributed by atoms with E-state index in [0.29, 0.717) is 16.4 Å². The summed E-state index contributed by atoms with van der Waals surface area (Å²) in [5.74, 6) is 0. The van der Waals surface area contributed by atoms with Gasteiger partial charge in [0.15, 0.2) is 0 Å². The summed E-state index contributed by atoms with van der Waals surface area (Å²) in [4.78, 5) is 5.38. The van der Waals surface area contributed by atoms with E-state index in [9.17, 15) is 0 Å². The first-order chi connectivity index (χ1) is 9.10. The SMILES string of the molecule is CC(C)(C)CN1CCC2(CC1)CCN(C(C)(C)C)CC2. The first kappa shape index (κ1) is 16.3. The molecule has 0 aromatic carbocycles. The van der Waals surface area contributed by atoms with E-state index in [2.05, 4.69) is 51.3 Å². The topological polar surface area (TPSA) is 6.48 Å². The van der Waals surface area contributed by atoms with Crippen molar-refractivity contribution in [2.24, 2.45) is 10.8 Å². The third-order valence-electron chi connectivity index (χ3n) is 5.39. The third-order valence-corrected chi connectivity index (χ3v) is 5.39. The monoisotopic (exact) mass is 280 g/mol. The second kappa shape index (κ2) is 5.61. The zero-order valence-corrected chi connectivity index (χ0v) is 14.8. The maximum atomic E-state index is 2.70. The molecule has 2 saturated heterocycles. The van der Waals surface area contributed by atoms with E-state index in [4.69, 9.17) is 0 Å². The van der Waals surface area contributed by atoms with E-state index in [1.807, 2.05) is 0 Å². The van der Waals surface area contributed by atoms with Gasteiger partial charge >= 0.3 is 0 Å². The highest BCUT2D eigenvalue weighted by Gasteiger charge is 2.39. The van der Waals surface area contributed by atoms with Crippen LogP contribution in [0.15, 0.2) is 0 Å². The highest BCUT2D eigenvalue weighted by Crippen LogP contribution is 2.42. The van der Waals surface area contributed by atoms with Crippen LogP contribution in [0.25, 0.3) is 0 Å². The van der Waals surface area contributed by atoms with E-state index < -0.39 is 0 Å². The van der Waals surface area contributed by atoms with Gasteiger partial charge in [0, 0.05) is 12.1 Å². The fourth-order valence-electron chi connectivity index (χ4n) is 4.01. The van der Waals surface area contributed by atoms with Crippen LogP contribution in [0.4, 0.5) is 0 Å². The molecule has 2 rings (SSSR count). The Bertz CT molecular complexity index is 303. The second-order valence-corrected chi connectivity index (χ2v) is 9.49. The molecule has 2 heteroatoms. The number of nitrogens with zero attached hydrogens (tertiary/aromatic N) is 2. The molecule has 0 amide bonds. The lowest BCUT2D eigenvalue weighted by Crippen LogP contribution is -2.52. The Hall–Kier alpha value is -0.0800. The van der Waals surface area contributed by atoms with Crippen LogP contribution in [0.3, 0.4) is 0 Å². The molecule has 0 unspecified atom stereocenters. The van der Waals surface area contributed by atoms with Crippen LogP contribution < -0.4 is 0 Å². The van der Waals surface area contributed by atoms with E-state index in [0.717, 1.165) is 0 Å². The average Bonchev–Trinajstić information content (AvgIpc) is 2.30. The van der Waals surface area contributed by atoms with Crippen molar-refractivity contribution in [3.05, 3.63) is 0 Å². The number of likely N-dealkylation sites (tertiary alicyclic amines) is 2. The molecule has 0 aliphatic carbocycles. The summed E-state index contributed by atoms with van der Waals surface area (Å²) >= 11 is 0. The largest absolute Gasteiger partial charge is 0.303 e. The molecule has 2 heterocycles. The summed E-state index contributed by atoms with van der Waals surface area (Å²) in [6.07, 6.45) is 5.71. The Morgan fingerprint density at radius 1 is 0.750 bits per heavy atom. The average molecular weight is 280 g/mol. The van der Waals surface area contributed by atoms with Gasteiger partial charge in [0.2, 0.25) is 0 Å². The van der Waals surface area contributed by atoms with Gasteiger partial charge in [0.1, 0.15) is 0 Å². The summed E-state index contributed by atoms with van der Waals surface area (Å²) in [5, 5.41) is 0. The lowest BCUT2D eigenvalue weighted by atomic mass is 9.70.